The molecule has 0 spiro atoms. The summed E-state index contributed by atoms with van der Waals surface area (Å²) >= 11 is 0. The molecule has 162 valence electrons. The summed E-state index contributed by atoms with van der Waals surface area (Å²) in [5.41, 5.74) is 0.606. The van der Waals surface area contributed by atoms with Gasteiger partial charge in [0, 0.05) is 56.2 Å². The van der Waals surface area contributed by atoms with Crippen molar-refractivity contribution in [3.63, 3.8) is 0 Å². The summed E-state index contributed by atoms with van der Waals surface area (Å²) in [4.78, 5) is 44.4. The summed E-state index contributed by atoms with van der Waals surface area (Å²) < 4.78 is 27.0. The van der Waals surface area contributed by atoms with Crippen LogP contribution >= 0.6 is 0 Å². The van der Waals surface area contributed by atoms with Crippen molar-refractivity contribution < 1.29 is 23.2 Å². The highest BCUT2D eigenvalue weighted by atomic mass is 19.1. The van der Waals surface area contributed by atoms with Gasteiger partial charge in [-0.1, -0.05) is 0 Å². The maximum Gasteiger partial charge on any atom is 0.253 e. The molecular formula is C22H22F2N4O3. The van der Waals surface area contributed by atoms with Gasteiger partial charge in [0.05, 0.1) is 11.5 Å². The lowest BCUT2D eigenvalue weighted by Crippen LogP contribution is -2.48. The Labute approximate surface area is 178 Å². The highest BCUT2D eigenvalue weighted by Crippen LogP contribution is 2.28. The smallest absolute Gasteiger partial charge is 0.253 e. The summed E-state index contributed by atoms with van der Waals surface area (Å²) in [5, 5.41) is 2.96. The van der Waals surface area contributed by atoms with Gasteiger partial charge in [-0.2, -0.15) is 0 Å². The number of aromatic nitrogens is 1. The molecule has 3 amide bonds. The molecular weight excluding hydrogens is 406 g/mol. The number of nitrogens with one attached hydrogen (secondary N) is 1. The second-order valence-corrected chi connectivity index (χ2v) is 7.85. The predicted octanol–water partition coefficient (Wildman–Crippen LogP) is 2.13. The van der Waals surface area contributed by atoms with E-state index in [1.165, 1.54) is 11.1 Å². The maximum absolute atomic E-state index is 13.5. The quantitative estimate of drug-likeness (QED) is 0.809. The average Bonchev–Trinajstić information content (AvgIpc) is 3.15. The van der Waals surface area contributed by atoms with Gasteiger partial charge in [0.15, 0.2) is 0 Å². The Morgan fingerprint density at radius 3 is 2.45 bits per heavy atom. The highest BCUT2D eigenvalue weighted by Gasteiger charge is 2.38. The lowest BCUT2D eigenvalue weighted by atomic mass is 10.0. The average molecular weight is 428 g/mol. The van der Waals surface area contributed by atoms with Gasteiger partial charge in [-0.05, 0) is 37.1 Å². The largest absolute Gasteiger partial charge is 0.349 e. The van der Waals surface area contributed by atoms with Gasteiger partial charge < -0.3 is 15.1 Å². The highest BCUT2D eigenvalue weighted by molar-refractivity contribution is 6.00. The summed E-state index contributed by atoms with van der Waals surface area (Å²) in [7, 11) is 0. The standard InChI is InChI=1S/C22H22F2N4O3/c23-16-9-17(24)11-19(10-16)28-13-15(8-20(28)29)22(31)27-6-3-18(4-7-27)26-21(30)14-2-1-5-25-12-14/h1-2,5,9-12,15,18H,3-4,6-8,13H2,(H,26,30). The van der Waals surface area contributed by atoms with E-state index in [0.29, 0.717) is 31.5 Å². The molecule has 1 aromatic heterocycles. The summed E-state index contributed by atoms with van der Waals surface area (Å²) in [6, 6.07) is 6.25. The van der Waals surface area contributed by atoms with Crippen molar-refractivity contribution in [3.05, 3.63) is 59.9 Å². The van der Waals surface area contributed by atoms with E-state index in [0.717, 1.165) is 18.2 Å². The number of hydrogen-bond donors (Lipinski definition) is 1. The second-order valence-electron chi connectivity index (χ2n) is 7.85. The van der Waals surface area contributed by atoms with E-state index in [1.54, 1.807) is 23.2 Å². The molecule has 7 nitrogen and oxygen atoms in total. The van der Waals surface area contributed by atoms with Gasteiger partial charge in [-0.25, -0.2) is 8.78 Å². The number of anilines is 1. The van der Waals surface area contributed by atoms with Crippen molar-refractivity contribution in [2.75, 3.05) is 24.5 Å². The number of hydrogen-bond acceptors (Lipinski definition) is 4. The Hall–Kier alpha value is -3.36. The SMILES string of the molecule is O=C(NC1CCN(C(=O)C2CC(=O)N(c3cc(F)cc(F)c3)C2)CC1)c1cccnc1. The van der Waals surface area contributed by atoms with E-state index in [2.05, 4.69) is 10.3 Å². The molecule has 2 fully saturated rings. The molecule has 1 aromatic carbocycles. The monoisotopic (exact) mass is 428 g/mol. The van der Waals surface area contributed by atoms with E-state index in [-0.39, 0.29) is 42.4 Å². The van der Waals surface area contributed by atoms with Crippen LogP contribution in [0.25, 0.3) is 0 Å². The lowest BCUT2D eigenvalue weighted by Gasteiger charge is -2.33. The van der Waals surface area contributed by atoms with Crippen LogP contribution in [0.2, 0.25) is 0 Å². The van der Waals surface area contributed by atoms with Gasteiger partial charge in [0.25, 0.3) is 5.91 Å². The van der Waals surface area contributed by atoms with Crippen molar-refractivity contribution in [1.82, 2.24) is 15.2 Å². The molecule has 0 saturated carbocycles. The van der Waals surface area contributed by atoms with Crippen LogP contribution in [0, 0.1) is 17.6 Å². The second kappa shape index (κ2) is 8.79. The number of likely N-dealkylation sites (tertiary alicyclic amines) is 1. The zero-order chi connectivity index (χ0) is 22.0. The number of carbonyl (C=O) groups excluding carboxylic acids is 3. The zero-order valence-electron chi connectivity index (χ0n) is 16.8. The molecule has 2 saturated heterocycles. The van der Waals surface area contributed by atoms with Crippen molar-refractivity contribution >= 4 is 23.4 Å². The molecule has 2 aliphatic rings. The fourth-order valence-electron chi connectivity index (χ4n) is 4.09. The van der Waals surface area contributed by atoms with E-state index >= 15 is 0 Å². The molecule has 0 radical (unpaired) electrons. The molecule has 0 aliphatic carbocycles. The fraction of sp³-hybridized carbons (Fsp3) is 0.364. The Morgan fingerprint density at radius 1 is 1.10 bits per heavy atom. The van der Waals surface area contributed by atoms with Gasteiger partial charge in [0.2, 0.25) is 11.8 Å². The van der Waals surface area contributed by atoms with Crippen molar-refractivity contribution in [2.45, 2.75) is 25.3 Å². The molecule has 3 heterocycles. The van der Waals surface area contributed by atoms with Crippen LogP contribution in [0.3, 0.4) is 0 Å². The van der Waals surface area contributed by atoms with Crippen LogP contribution in [0.5, 0.6) is 0 Å². The lowest BCUT2D eigenvalue weighted by molar-refractivity contribution is -0.136. The molecule has 31 heavy (non-hydrogen) atoms. The molecule has 2 aromatic rings. The first-order valence-electron chi connectivity index (χ1n) is 10.2. The van der Waals surface area contributed by atoms with Gasteiger partial charge in [-0.3, -0.25) is 19.4 Å². The normalized spacial score (nSPS) is 19.5. The van der Waals surface area contributed by atoms with Crippen molar-refractivity contribution in [2.24, 2.45) is 5.92 Å². The number of halogens is 2. The van der Waals surface area contributed by atoms with Crippen LogP contribution in [0.1, 0.15) is 29.6 Å². The number of nitrogens with zero attached hydrogens (tertiary/aromatic N) is 3. The summed E-state index contributed by atoms with van der Waals surface area (Å²) in [6.07, 6.45) is 4.32. The minimum Gasteiger partial charge on any atom is -0.349 e. The molecule has 2 aliphatic heterocycles. The Morgan fingerprint density at radius 2 is 1.81 bits per heavy atom. The predicted molar refractivity (Wildman–Crippen MR) is 108 cm³/mol. The minimum absolute atomic E-state index is 0.00857. The van der Waals surface area contributed by atoms with E-state index in [4.69, 9.17) is 0 Å². The fourth-order valence-corrected chi connectivity index (χ4v) is 4.09. The topological polar surface area (TPSA) is 82.6 Å². The number of piperidine rings is 1. The number of carbonyl (C=O) groups is 3. The third-order valence-corrected chi connectivity index (χ3v) is 5.70. The third kappa shape index (κ3) is 4.70. The minimum atomic E-state index is -0.770. The Bertz CT molecular complexity index is 973. The first kappa shape index (κ1) is 20.9. The first-order chi connectivity index (χ1) is 14.9. The van der Waals surface area contributed by atoms with Gasteiger partial charge in [0.1, 0.15) is 11.6 Å². The van der Waals surface area contributed by atoms with E-state index in [1.807, 2.05) is 0 Å². The van der Waals surface area contributed by atoms with Crippen LogP contribution < -0.4 is 10.2 Å². The van der Waals surface area contributed by atoms with Crippen LogP contribution in [0.15, 0.2) is 42.7 Å². The number of rotatable bonds is 4. The molecule has 0 bridgehead atoms. The molecule has 9 heteroatoms. The molecule has 1 atom stereocenters. The van der Waals surface area contributed by atoms with Crippen LogP contribution in [-0.4, -0.2) is 53.3 Å². The summed E-state index contributed by atoms with van der Waals surface area (Å²) in [6.45, 7) is 1.03. The van der Waals surface area contributed by atoms with Gasteiger partial charge in [-0.15, -0.1) is 0 Å². The Balaban J connectivity index is 1.32. The molecule has 1 N–H and O–H groups in total. The summed E-state index contributed by atoms with van der Waals surface area (Å²) in [5.74, 6) is -2.77. The van der Waals surface area contributed by atoms with Crippen molar-refractivity contribution in [1.29, 1.82) is 0 Å². The number of amides is 3. The maximum atomic E-state index is 13.5. The van der Waals surface area contributed by atoms with Crippen LogP contribution in [-0.2, 0) is 9.59 Å². The molecule has 1 unspecified atom stereocenters. The first-order valence-corrected chi connectivity index (χ1v) is 10.2. The van der Waals surface area contributed by atoms with Gasteiger partial charge >= 0.3 is 0 Å². The van der Waals surface area contributed by atoms with Crippen LogP contribution in [0.4, 0.5) is 14.5 Å². The third-order valence-electron chi connectivity index (χ3n) is 5.70. The zero-order valence-corrected chi connectivity index (χ0v) is 16.8. The Kier molecular flexibility index (Phi) is 5.92. The molecule has 4 rings (SSSR count). The number of pyridine rings is 1. The van der Waals surface area contributed by atoms with E-state index < -0.39 is 17.6 Å². The number of benzene rings is 1. The van der Waals surface area contributed by atoms with Crippen molar-refractivity contribution in [3.8, 4) is 0 Å². The van der Waals surface area contributed by atoms with E-state index in [9.17, 15) is 23.2 Å².